The summed E-state index contributed by atoms with van der Waals surface area (Å²) in [5.74, 6) is 0.668. The van der Waals surface area contributed by atoms with E-state index in [1.54, 1.807) is 22.2 Å². The molecule has 0 fully saturated rings. The molecule has 0 saturated heterocycles. The van der Waals surface area contributed by atoms with Crippen molar-refractivity contribution in [3.05, 3.63) is 33.6 Å². The lowest BCUT2D eigenvalue weighted by Gasteiger charge is -2.06. The molecule has 0 radical (unpaired) electrons. The molecule has 16 heavy (non-hydrogen) atoms. The van der Waals surface area contributed by atoms with Gasteiger partial charge in [0.25, 0.3) is 5.91 Å². The Hall–Kier alpha value is -1.62. The zero-order valence-electron chi connectivity index (χ0n) is 9.44. The Morgan fingerprint density at radius 1 is 1.50 bits per heavy atom. The van der Waals surface area contributed by atoms with Crippen molar-refractivity contribution in [2.75, 3.05) is 5.32 Å². The number of carbonyl (C=O) groups excluding carboxylic acids is 1. The van der Waals surface area contributed by atoms with E-state index in [-0.39, 0.29) is 5.91 Å². The molecule has 1 amide bonds. The average Bonchev–Trinajstić information content (AvgIpc) is 2.79. The lowest BCUT2D eigenvalue weighted by atomic mass is 10.2. The Balaban J connectivity index is 2.24. The summed E-state index contributed by atoms with van der Waals surface area (Å²) in [6.45, 7) is 3.86. The highest BCUT2D eigenvalue weighted by atomic mass is 32.1. The molecule has 0 atom stereocenters. The maximum absolute atomic E-state index is 12.0. The van der Waals surface area contributed by atoms with Crippen molar-refractivity contribution in [2.24, 2.45) is 7.05 Å². The van der Waals surface area contributed by atoms with Crippen molar-refractivity contribution in [1.82, 2.24) is 9.78 Å². The van der Waals surface area contributed by atoms with Gasteiger partial charge < -0.3 is 5.32 Å². The Bertz CT molecular complexity index is 508. The number of rotatable bonds is 2. The summed E-state index contributed by atoms with van der Waals surface area (Å²) in [6, 6.07) is 1.83. The molecule has 0 saturated carbocycles. The average molecular weight is 235 g/mol. The second-order valence-corrected chi connectivity index (χ2v) is 4.76. The molecule has 0 bridgehead atoms. The second kappa shape index (κ2) is 4.09. The van der Waals surface area contributed by atoms with Crippen LogP contribution in [-0.2, 0) is 7.05 Å². The molecule has 0 aromatic carbocycles. The lowest BCUT2D eigenvalue weighted by Crippen LogP contribution is -2.15. The summed E-state index contributed by atoms with van der Waals surface area (Å²) in [4.78, 5) is 13.0. The number of amides is 1. The zero-order chi connectivity index (χ0) is 11.7. The van der Waals surface area contributed by atoms with Crippen LogP contribution in [0.4, 0.5) is 5.82 Å². The summed E-state index contributed by atoms with van der Waals surface area (Å²) in [5, 5.41) is 8.86. The SMILES string of the molecule is Cc1cnn(C)c1NC(=O)c1ccsc1C. The van der Waals surface area contributed by atoms with Gasteiger partial charge in [0.15, 0.2) is 0 Å². The number of anilines is 1. The van der Waals surface area contributed by atoms with Gasteiger partial charge in [0.2, 0.25) is 0 Å². The Morgan fingerprint density at radius 2 is 2.25 bits per heavy atom. The van der Waals surface area contributed by atoms with Crippen LogP contribution in [0.25, 0.3) is 0 Å². The number of aryl methyl sites for hydroxylation is 3. The summed E-state index contributed by atoms with van der Waals surface area (Å²) < 4.78 is 1.66. The van der Waals surface area contributed by atoms with Crippen LogP contribution in [0.2, 0.25) is 0 Å². The van der Waals surface area contributed by atoms with Gasteiger partial charge in [0.1, 0.15) is 5.82 Å². The van der Waals surface area contributed by atoms with E-state index in [9.17, 15) is 4.79 Å². The predicted octanol–water partition coefficient (Wildman–Crippen LogP) is 2.35. The minimum Gasteiger partial charge on any atom is -0.307 e. The van der Waals surface area contributed by atoms with Crippen molar-refractivity contribution in [1.29, 1.82) is 0 Å². The highest BCUT2D eigenvalue weighted by Crippen LogP contribution is 2.18. The molecule has 4 nitrogen and oxygen atoms in total. The number of hydrogen-bond donors (Lipinski definition) is 1. The standard InChI is InChI=1S/C11H13N3OS/c1-7-6-12-14(3)10(7)13-11(15)9-4-5-16-8(9)2/h4-6H,1-3H3,(H,13,15). The monoisotopic (exact) mass is 235 g/mol. The fourth-order valence-corrected chi connectivity index (χ4v) is 2.22. The second-order valence-electron chi connectivity index (χ2n) is 3.64. The maximum atomic E-state index is 12.0. The highest BCUT2D eigenvalue weighted by Gasteiger charge is 2.13. The third-order valence-electron chi connectivity index (χ3n) is 2.46. The number of aromatic nitrogens is 2. The number of nitrogens with zero attached hydrogens (tertiary/aromatic N) is 2. The summed E-state index contributed by atoms with van der Waals surface area (Å²) >= 11 is 1.57. The fourth-order valence-electron chi connectivity index (χ4n) is 1.52. The van der Waals surface area contributed by atoms with Crippen LogP contribution in [0.1, 0.15) is 20.8 Å². The van der Waals surface area contributed by atoms with E-state index in [1.165, 1.54) is 0 Å². The fraction of sp³-hybridized carbons (Fsp3) is 0.273. The minimum absolute atomic E-state index is 0.0783. The first-order valence-electron chi connectivity index (χ1n) is 4.93. The topological polar surface area (TPSA) is 46.9 Å². The first-order valence-corrected chi connectivity index (χ1v) is 5.81. The molecule has 5 heteroatoms. The number of carbonyl (C=O) groups is 1. The quantitative estimate of drug-likeness (QED) is 0.868. The Labute approximate surface area is 97.9 Å². The predicted molar refractivity (Wildman–Crippen MR) is 65.0 cm³/mol. The van der Waals surface area contributed by atoms with Gasteiger partial charge in [-0.25, -0.2) is 0 Å². The summed E-state index contributed by atoms with van der Waals surface area (Å²) in [7, 11) is 1.81. The van der Waals surface area contributed by atoms with E-state index in [2.05, 4.69) is 10.4 Å². The molecular weight excluding hydrogens is 222 g/mol. The molecule has 0 aliphatic rings. The van der Waals surface area contributed by atoms with Gasteiger partial charge >= 0.3 is 0 Å². The lowest BCUT2D eigenvalue weighted by molar-refractivity contribution is 0.102. The highest BCUT2D eigenvalue weighted by molar-refractivity contribution is 7.10. The molecule has 2 heterocycles. The molecule has 1 N–H and O–H groups in total. The summed E-state index contributed by atoms with van der Waals surface area (Å²) in [5.41, 5.74) is 1.69. The van der Waals surface area contributed by atoms with Gasteiger partial charge in [-0.05, 0) is 25.3 Å². The number of hydrogen-bond acceptors (Lipinski definition) is 3. The van der Waals surface area contributed by atoms with E-state index < -0.39 is 0 Å². The van der Waals surface area contributed by atoms with Crippen LogP contribution in [0, 0.1) is 13.8 Å². The van der Waals surface area contributed by atoms with Crippen molar-refractivity contribution < 1.29 is 4.79 Å². The third-order valence-corrected chi connectivity index (χ3v) is 3.30. The molecule has 0 aliphatic carbocycles. The van der Waals surface area contributed by atoms with E-state index >= 15 is 0 Å². The van der Waals surface area contributed by atoms with Gasteiger partial charge in [-0.1, -0.05) is 0 Å². The third kappa shape index (κ3) is 1.86. The normalized spacial score (nSPS) is 10.4. The van der Waals surface area contributed by atoms with E-state index in [1.807, 2.05) is 32.3 Å². The maximum Gasteiger partial charge on any atom is 0.257 e. The number of nitrogens with one attached hydrogen (secondary N) is 1. The van der Waals surface area contributed by atoms with Crippen molar-refractivity contribution in [2.45, 2.75) is 13.8 Å². The molecular formula is C11H13N3OS. The molecule has 0 unspecified atom stereocenters. The van der Waals surface area contributed by atoms with Gasteiger partial charge in [-0.15, -0.1) is 11.3 Å². The largest absolute Gasteiger partial charge is 0.307 e. The first-order chi connectivity index (χ1) is 7.59. The van der Waals surface area contributed by atoms with Crippen LogP contribution in [-0.4, -0.2) is 15.7 Å². The number of thiophene rings is 1. The van der Waals surface area contributed by atoms with E-state index in [0.29, 0.717) is 0 Å². The summed E-state index contributed by atoms with van der Waals surface area (Å²) in [6.07, 6.45) is 1.73. The van der Waals surface area contributed by atoms with Gasteiger partial charge in [0, 0.05) is 17.5 Å². The van der Waals surface area contributed by atoms with Gasteiger partial charge in [0.05, 0.1) is 11.8 Å². The van der Waals surface area contributed by atoms with E-state index in [0.717, 1.165) is 21.8 Å². The molecule has 0 spiro atoms. The van der Waals surface area contributed by atoms with Crippen LogP contribution in [0.3, 0.4) is 0 Å². The van der Waals surface area contributed by atoms with Crippen LogP contribution < -0.4 is 5.32 Å². The molecule has 2 rings (SSSR count). The zero-order valence-corrected chi connectivity index (χ0v) is 10.3. The first kappa shape index (κ1) is 10.9. The Morgan fingerprint density at radius 3 is 2.75 bits per heavy atom. The van der Waals surface area contributed by atoms with Crippen molar-refractivity contribution >= 4 is 23.1 Å². The minimum atomic E-state index is -0.0783. The van der Waals surface area contributed by atoms with Gasteiger partial charge in [-0.3, -0.25) is 9.48 Å². The van der Waals surface area contributed by atoms with Crippen LogP contribution >= 0.6 is 11.3 Å². The van der Waals surface area contributed by atoms with Crippen molar-refractivity contribution in [3.8, 4) is 0 Å². The smallest absolute Gasteiger partial charge is 0.257 e. The van der Waals surface area contributed by atoms with E-state index in [4.69, 9.17) is 0 Å². The van der Waals surface area contributed by atoms with Crippen LogP contribution in [0.5, 0.6) is 0 Å². The van der Waals surface area contributed by atoms with Gasteiger partial charge in [-0.2, -0.15) is 5.10 Å². The Kier molecular flexibility index (Phi) is 2.78. The molecule has 0 aliphatic heterocycles. The molecule has 84 valence electrons. The van der Waals surface area contributed by atoms with Crippen LogP contribution in [0.15, 0.2) is 17.6 Å². The van der Waals surface area contributed by atoms with Crippen molar-refractivity contribution in [3.63, 3.8) is 0 Å². The molecule has 2 aromatic heterocycles. The molecule has 2 aromatic rings.